The number of amides is 1. The molecule has 2 rings (SSSR count). The van der Waals surface area contributed by atoms with Crippen LogP contribution in [-0.2, 0) is 0 Å². The van der Waals surface area contributed by atoms with Crippen LogP contribution in [-0.4, -0.2) is 5.91 Å². The first-order chi connectivity index (χ1) is 8.47. The molecule has 0 fully saturated rings. The molecule has 18 heavy (non-hydrogen) atoms. The number of carbonyl (C=O) groups excluding carboxylic acids is 1. The van der Waals surface area contributed by atoms with Crippen LogP contribution in [0.3, 0.4) is 0 Å². The summed E-state index contributed by atoms with van der Waals surface area (Å²) in [6, 6.07) is 7.47. The van der Waals surface area contributed by atoms with Gasteiger partial charge in [0.1, 0.15) is 4.34 Å². The van der Waals surface area contributed by atoms with Crippen LogP contribution in [0.15, 0.2) is 24.3 Å². The number of thiophene rings is 1. The lowest BCUT2D eigenvalue weighted by Crippen LogP contribution is -2.12. The van der Waals surface area contributed by atoms with Gasteiger partial charge in [0, 0.05) is 5.69 Å². The van der Waals surface area contributed by atoms with Gasteiger partial charge in [-0.15, -0.1) is 11.3 Å². The zero-order valence-corrected chi connectivity index (χ0v) is 12.2. The topological polar surface area (TPSA) is 29.1 Å². The normalized spacial score (nSPS) is 10.4. The van der Waals surface area contributed by atoms with E-state index in [0.717, 1.165) is 16.8 Å². The van der Waals surface area contributed by atoms with Crippen molar-refractivity contribution >= 4 is 46.1 Å². The number of anilines is 1. The zero-order valence-electron chi connectivity index (χ0n) is 9.88. The standard InChI is InChI=1S/C13H11Cl2NOS/c1-7-3-4-8(2)10(5-7)16-13(17)9-6-11(14)18-12(9)15/h3-6H,1-2H3,(H,16,17). The van der Waals surface area contributed by atoms with Crippen LogP contribution in [0, 0.1) is 13.8 Å². The van der Waals surface area contributed by atoms with Crippen LogP contribution in [0.4, 0.5) is 5.69 Å². The molecule has 0 saturated carbocycles. The molecule has 2 nitrogen and oxygen atoms in total. The van der Waals surface area contributed by atoms with Gasteiger partial charge in [0.25, 0.3) is 5.91 Å². The molecular weight excluding hydrogens is 289 g/mol. The van der Waals surface area contributed by atoms with Gasteiger partial charge in [-0.05, 0) is 37.1 Å². The van der Waals surface area contributed by atoms with Crippen LogP contribution < -0.4 is 5.32 Å². The molecule has 1 aromatic carbocycles. The van der Waals surface area contributed by atoms with Gasteiger partial charge in [0.05, 0.1) is 9.90 Å². The molecule has 2 aromatic rings. The van der Waals surface area contributed by atoms with E-state index in [1.807, 2.05) is 32.0 Å². The molecule has 1 heterocycles. The third kappa shape index (κ3) is 2.86. The number of nitrogens with one attached hydrogen (secondary N) is 1. The predicted molar refractivity (Wildman–Crippen MR) is 78.2 cm³/mol. The Balaban J connectivity index is 2.26. The molecule has 0 saturated heterocycles. The van der Waals surface area contributed by atoms with Gasteiger partial charge in [-0.3, -0.25) is 4.79 Å². The van der Waals surface area contributed by atoms with E-state index in [0.29, 0.717) is 14.2 Å². The van der Waals surface area contributed by atoms with Gasteiger partial charge in [-0.25, -0.2) is 0 Å². The van der Waals surface area contributed by atoms with Crippen LogP contribution in [0.25, 0.3) is 0 Å². The van der Waals surface area contributed by atoms with Crippen LogP contribution in [0.1, 0.15) is 21.5 Å². The maximum atomic E-state index is 12.1. The van der Waals surface area contributed by atoms with Crippen LogP contribution in [0.5, 0.6) is 0 Å². The first-order valence-corrected chi connectivity index (χ1v) is 6.88. The highest BCUT2D eigenvalue weighted by Gasteiger charge is 2.15. The Labute approximate surface area is 120 Å². The smallest absolute Gasteiger partial charge is 0.258 e. The Morgan fingerprint density at radius 2 is 1.94 bits per heavy atom. The maximum Gasteiger partial charge on any atom is 0.258 e. The second kappa shape index (κ2) is 5.31. The highest BCUT2D eigenvalue weighted by atomic mass is 35.5. The lowest BCUT2D eigenvalue weighted by Gasteiger charge is -2.08. The number of hydrogen-bond acceptors (Lipinski definition) is 2. The fraction of sp³-hybridized carbons (Fsp3) is 0.154. The Bertz CT molecular complexity index is 607. The van der Waals surface area contributed by atoms with E-state index in [1.54, 1.807) is 6.07 Å². The van der Waals surface area contributed by atoms with Gasteiger partial charge < -0.3 is 5.32 Å². The molecule has 0 aliphatic carbocycles. The van der Waals surface area contributed by atoms with Crippen LogP contribution in [0.2, 0.25) is 8.67 Å². The molecule has 94 valence electrons. The van der Waals surface area contributed by atoms with Crippen molar-refractivity contribution in [3.63, 3.8) is 0 Å². The molecule has 0 aliphatic heterocycles. The minimum absolute atomic E-state index is 0.239. The monoisotopic (exact) mass is 299 g/mol. The quantitative estimate of drug-likeness (QED) is 0.837. The summed E-state index contributed by atoms with van der Waals surface area (Å²) in [6.07, 6.45) is 0. The average molecular weight is 300 g/mol. The molecule has 1 amide bonds. The molecule has 0 aliphatic rings. The average Bonchev–Trinajstić information content (AvgIpc) is 2.63. The Hall–Kier alpha value is -1.03. The summed E-state index contributed by atoms with van der Waals surface area (Å²) in [6.45, 7) is 3.92. The molecule has 0 radical (unpaired) electrons. The van der Waals surface area contributed by atoms with E-state index < -0.39 is 0 Å². The molecule has 0 bridgehead atoms. The second-order valence-corrected chi connectivity index (χ2v) is 6.30. The van der Waals surface area contributed by atoms with E-state index in [-0.39, 0.29) is 5.91 Å². The lowest BCUT2D eigenvalue weighted by atomic mass is 10.1. The molecule has 0 atom stereocenters. The minimum Gasteiger partial charge on any atom is -0.322 e. The van der Waals surface area contributed by atoms with Gasteiger partial charge in [0.15, 0.2) is 0 Å². The highest BCUT2D eigenvalue weighted by Crippen LogP contribution is 2.31. The van der Waals surface area contributed by atoms with Crippen molar-refractivity contribution in [2.75, 3.05) is 5.32 Å². The van der Waals surface area contributed by atoms with Gasteiger partial charge in [-0.2, -0.15) is 0 Å². The van der Waals surface area contributed by atoms with Crippen molar-refractivity contribution < 1.29 is 4.79 Å². The van der Waals surface area contributed by atoms with Crippen molar-refractivity contribution in [2.45, 2.75) is 13.8 Å². The van der Waals surface area contributed by atoms with Crippen LogP contribution >= 0.6 is 34.5 Å². The molecule has 1 aromatic heterocycles. The number of carbonyl (C=O) groups is 1. The predicted octanol–water partition coefficient (Wildman–Crippen LogP) is 4.92. The molecule has 1 N–H and O–H groups in total. The van der Waals surface area contributed by atoms with E-state index in [1.165, 1.54) is 11.3 Å². The van der Waals surface area contributed by atoms with Gasteiger partial charge in [-0.1, -0.05) is 35.3 Å². The summed E-state index contributed by atoms with van der Waals surface area (Å²) in [4.78, 5) is 12.1. The summed E-state index contributed by atoms with van der Waals surface area (Å²) >= 11 is 13.0. The lowest BCUT2D eigenvalue weighted by molar-refractivity contribution is 0.102. The van der Waals surface area contributed by atoms with Crippen molar-refractivity contribution in [1.29, 1.82) is 0 Å². The third-order valence-corrected chi connectivity index (χ3v) is 4.03. The van der Waals surface area contributed by atoms with Crippen molar-refractivity contribution in [1.82, 2.24) is 0 Å². The number of aryl methyl sites for hydroxylation is 2. The number of halogens is 2. The zero-order chi connectivity index (χ0) is 13.3. The number of benzene rings is 1. The third-order valence-electron chi connectivity index (χ3n) is 2.54. The maximum absolute atomic E-state index is 12.1. The van der Waals surface area contributed by atoms with Crippen molar-refractivity contribution in [3.8, 4) is 0 Å². The first kappa shape index (κ1) is 13.4. The fourth-order valence-corrected chi connectivity index (χ4v) is 3.01. The van der Waals surface area contributed by atoms with Gasteiger partial charge in [0.2, 0.25) is 0 Å². The highest BCUT2D eigenvalue weighted by molar-refractivity contribution is 7.20. The van der Waals surface area contributed by atoms with E-state index in [2.05, 4.69) is 5.32 Å². The SMILES string of the molecule is Cc1ccc(C)c(NC(=O)c2cc(Cl)sc2Cl)c1. The minimum atomic E-state index is -0.239. The Morgan fingerprint density at radius 3 is 2.56 bits per heavy atom. The summed E-state index contributed by atoms with van der Waals surface area (Å²) < 4.78 is 0.911. The molecule has 5 heteroatoms. The largest absolute Gasteiger partial charge is 0.322 e. The van der Waals surface area contributed by atoms with Crippen molar-refractivity contribution in [3.05, 3.63) is 49.6 Å². The number of hydrogen-bond donors (Lipinski definition) is 1. The Morgan fingerprint density at radius 1 is 1.22 bits per heavy atom. The molecule has 0 unspecified atom stereocenters. The van der Waals surface area contributed by atoms with E-state index >= 15 is 0 Å². The second-order valence-electron chi connectivity index (χ2n) is 4.01. The Kier molecular flexibility index (Phi) is 3.95. The first-order valence-electron chi connectivity index (χ1n) is 5.31. The van der Waals surface area contributed by atoms with E-state index in [9.17, 15) is 4.79 Å². The summed E-state index contributed by atoms with van der Waals surface area (Å²) in [5, 5.41) is 2.85. The molecule has 0 spiro atoms. The summed E-state index contributed by atoms with van der Waals surface area (Å²) in [7, 11) is 0. The van der Waals surface area contributed by atoms with E-state index in [4.69, 9.17) is 23.2 Å². The molecular formula is C13H11Cl2NOS. The fourth-order valence-electron chi connectivity index (χ4n) is 1.56. The summed E-state index contributed by atoms with van der Waals surface area (Å²) in [5.41, 5.74) is 3.29. The number of rotatable bonds is 2. The van der Waals surface area contributed by atoms with Crippen molar-refractivity contribution in [2.24, 2.45) is 0 Å². The summed E-state index contributed by atoms with van der Waals surface area (Å²) in [5.74, 6) is -0.239. The van der Waals surface area contributed by atoms with Gasteiger partial charge >= 0.3 is 0 Å².